The molecule has 2 bridgehead atoms. The molecular formula is C16H25NO. The van der Waals surface area contributed by atoms with Gasteiger partial charge in [-0.1, -0.05) is 39.5 Å². The predicted molar refractivity (Wildman–Crippen MR) is 76.4 cm³/mol. The Balaban J connectivity index is 0.000000574. The molecule has 100 valence electrons. The molecule has 2 nitrogen and oxygen atoms in total. The topological polar surface area (TPSA) is 21.3 Å². The number of rotatable bonds is 2. The van der Waals surface area contributed by atoms with Gasteiger partial charge in [-0.05, 0) is 30.4 Å². The maximum Gasteiger partial charge on any atom is 0.0977 e. The monoisotopic (exact) mass is 247 g/mol. The highest BCUT2D eigenvalue weighted by Gasteiger charge is 2.38. The number of dihydropyridines is 1. The highest BCUT2D eigenvalue weighted by Crippen LogP contribution is 2.40. The van der Waals surface area contributed by atoms with Crippen LogP contribution in [0.25, 0.3) is 0 Å². The molecule has 0 amide bonds. The van der Waals surface area contributed by atoms with Gasteiger partial charge in [-0.3, -0.25) is 0 Å². The minimum absolute atomic E-state index is 0.325. The van der Waals surface area contributed by atoms with E-state index in [4.69, 9.17) is 4.74 Å². The van der Waals surface area contributed by atoms with Crippen molar-refractivity contribution in [3.05, 3.63) is 35.6 Å². The van der Waals surface area contributed by atoms with Crippen molar-refractivity contribution < 1.29 is 4.74 Å². The SMILES string of the molecule is C=CC1=CC(CC)NC2=C1CC1CCC2O1.CC. The van der Waals surface area contributed by atoms with Crippen LogP contribution in [0.4, 0.5) is 0 Å². The largest absolute Gasteiger partial charge is 0.380 e. The molecular weight excluding hydrogens is 222 g/mol. The molecule has 3 heterocycles. The zero-order chi connectivity index (χ0) is 13.1. The lowest BCUT2D eigenvalue weighted by Gasteiger charge is -2.34. The van der Waals surface area contributed by atoms with Gasteiger partial charge in [0, 0.05) is 18.2 Å². The van der Waals surface area contributed by atoms with Crippen molar-refractivity contribution in [1.29, 1.82) is 0 Å². The zero-order valence-corrected chi connectivity index (χ0v) is 11.8. The fourth-order valence-electron chi connectivity index (χ4n) is 3.02. The van der Waals surface area contributed by atoms with Gasteiger partial charge >= 0.3 is 0 Å². The summed E-state index contributed by atoms with van der Waals surface area (Å²) in [5.74, 6) is 0. The van der Waals surface area contributed by atoms with Crippen LogP contribution in [0, 0.1) is 0 Å². The number of hydrogen-bond donors (Lipinski definition) is 1. The van der Waals surface area contributed by atoms with Crippen molar-refractivity contribution in [1.82, 2.24) is 5.32 Å². The van der Waals surface area contributed by atoms with E-state index in [1.54, 1.807) is 0 Å². The van der Waals surface area contributed by atoms with E-state index in [9.17, 15) is 0 Å². The Hall–Kier alpha value is -1.02. The standard InChI is InChI=1S/C14H19NO.C2H6/c1-3-9-7-10(4-2)15-14-12(9)8-11-5-6-13(14)16-11;1-2/h3,7,10-11,13,15H,1,4-6,8H2,2H3;1-2H3. The fraction of sp³-hybridized carbons (Fsp3) is 0.625. The van der Waals surface area contributed by atoms with Crippen molar-refractivity contribution in [3.63, 3.8) is 0 Å². The quantitative estimate of drug-likeness (QED) is 0.803. The Morgan fingerprint density at radius 3 is 2.89 bits per heavy atom. The number of allylic oxidation sites excluding steroid dienone is 2. The third-order valence-electron chi connectivity index (χ3n) is 3.92. The molecule has 1 saturated heterocycles. The van der Waals surface area contributed by atoms with Crippen molar-refractivity contribution >= 4 is 0 Å². The zero-order valence-electron chi connectivity index (χ0n) is 11.8. The molecule has 0 aromatic rings. The molecule has 0 aromatic heterocycles. The van der Waals surface area contributed by atoms with E-state index in [2.05, 4.69) is 24.9 Å². The molecule has 0 spiro atoms. The summed E-state index contributed by atoms with van der Waals surface area (Å²) in [6, 6.07) is 0.451. The minimum atomic E-state index is 0.325. The Labute approximate surface area is 111 Å². The summed E-state index contributed by atoms with van der Waals surface area (Å²) in [5.41, 5.74) is 4.14. The van der Waals surface area contributed by atoms with Crippen LogP contribution >= 0.6 is 0 Å². The first kappa shape index (κ1) is 13.4. The predicted octanol–water partition coefficient (Wildman–Crippen LogP) is 3.71. The van der Waals surface area contributed by atoms with E-state index >= 15 is 0 Å². The first-order valence-corrected chi connectivity index (χ1v) is 7.31. The second kappa shape index (κ2) is 5.75. The van der Waals surface area contributed by atoms with Crippen LogP contribution in [0.2, 0.25) is 0 Å². The van der Waals surface area contributed by atoms with E-state index in [0.717, 1.165) is 12.8 Å². The minimum Gasteiger partial charge on any atom is -0.380 e. The fourth-order valence-corrected chi connectivity index (χ4v) is 3.02. The van der Waals surface area contributed by atoms with Crippen molar-refractivity contribution in [3.8, 4) is 0 Å². The smallest absolute Gasteiger partial charge is 0.0977 e. The van der Waals surface area contributed by atoms with Crippen LogP contribution in [0.3, 0.4) is 0 Å². The molecule has 3 rings (SSSR count). The molecule has 0 aliphatic carbocycles. The lowest BCUT2D eigenvalue weighted by Crippen LogP contribution is -2.39. The van der Waals surface area contributed by atoms with Crippen LogP contribution in [-0.4, -0.2) is 18.2 Å². The molecule has 3 aliphatic rings. The summed E-state index contributed by atoms with van der Waals surface area (Å²) in [5, 5.41) is 3.63. The van der Waals surface area contributed by atoms with Crippen LogP contribution in [-0.2, 0) is 4.74 Å². The Morgan fingerprint density at radius 2 is 2.22 bits per heavy atom. The first-order valence-electron chi connectivity index (χ1n) is 7.31. The second-order valence-corrected chi connectivity index (χ2v) is 4.91. The van der Waals surface area contributed by atoms with Crippen LogP contribution in [0.1, 0.15) is 46.5 Å². The number of ether oxygens (including phenoxy) is 1. The highest BCUT2D eigenvalue weighted by molar-refractivity contribution is 5.48. The maximum absolute atomic E-state index is 5.97. The summed E-state index contributed by atoms with van der Waals surface area (Å²) in [6.45, 7) is 10.2. The van der Waals surface area contributed by atoms with Gasteiger partial charge in [0.05, 0.1) is 12.2 Å². The van der Waals surface area contributed by atoms with E-state index in [-0.39, 0.29) is 0 Å². The van der Waals surface area contributed by atoms with Crippen LogP contribution in [0.5, 0.6) is 0 Å². The molecule has 0 aromatic carbocycles. The van der Waals surface area contributed by atoms with Crippen LogP contribution < -0.4 is 5.32 Å². The summed E-state index contributed by atoms with van der Waals surface area (Å²) in [4.78, 5) is 0. The maximum atomic E-state index is 5.97. The molecule has 2 heteroatoms. The normalized spacial score (nSPS) is 32.8. The summed E-state index contributed by atoms with van der Waals surface area (Å²) in [7, 11) is 0. The van der Waals surface area contributed by atoms with Gasteiger partial charge < -0.3 is 10.1 Å². The van der Waals surface area contributed by atoms with Crippen molar-refractivity contribution in [2.24, 2.45) is 0 Å². The third kappa shape index (κ3) is 2.26. The average molecular weight is 247 g/mol. The molecule has 3 aliphatic heterocycles. The number of fused-ring (bicyclic) bond motifs is 3. The molecule has 3 atom stereocenters. The van der Waals surface area contributed by atoms with Gasteiger partial charge in [-0.15, -0.1) is 0 Å². The lowest BCUT2D eigenvalue weighted by molar-refractivity contribution is 0.0479. The summed E-state index contributed by atoms with van der Waals surface area (Å²) in [6.07, 6.45) is 9.66. The van der Waals surface area contributed by atoms with Gasteiger partial charge in [-0.25, -0.2) is 0 Å². The lowest BCUT2D eigenvalue weighted by atomic mass is 9.90. The first-order chi connectivity index (χ1) is 8.81. The summed E-state index contributed by atoms with van der Waals surface area (Å²) < 4.78 is 5.97. The van der Waals surface area contributed by atoms with Gasteiger partial charge in [0.25, 0.3) is 0 Å². The van der Waals surface area contributed by atoms with E-state index < -0.39 is 0 Å². The Morgan fingerprint density at radius 1 is 1.44 bits per heavy atom. The Kier molecular flexibility index (Phi) is 4.28. The number of hydrogen-bond acceptors (Lipinski definition) is 2. The van der Waals surface area contributed by atoms with Gasteiger partial charge in [0.2, 0.25) is 0 Å². The average Bonchev–Trinajstić information content (AvgIpc) is 2.83. The second-order valence-electron chi connectivity index (χ2n) is 4.91. The van der Waals surface area contributed by atoms with Crippen molar-refractivity contribution in [2.75, 3.05) is 0 Å². The third-order valence-corrected chi connectivity index (χ3v) is 3.92. The molecule has 0 radical (unpaired) electrons. The molecule has 0 saturated carbocycles. The van der Waals surface area contributed by atoms with E-state index in [1.807, 2.05) is 19.9 Å². The molecule has 3 unspecified atom stereocenters. The molecule has 18 heavy (non-hydrogen) atoms. The van der Waals surface area contributed by atoms with Gasteiger partial charge in [0.1, 0.15) is 0 Å². The van der Waals surface area contributed by atoms with Crippen LogP contribution in [0.15, 0.2) is 35.6 Å². The molecule has 1 fully saturated rings. The molecule has 1 N–H and O–H groups in total. The Bertz CT molecular complexity index is 381. The van der Waals surface area contributed by atoms with Gasteiger partial charge in [0.15, 0.2) is 0 Å². The van der Waals surface area contributed by atoms with E-state index in [1.165, 1.54) is 29.7 Å². The van der Waals surface area contributed by atoms with Crippen molar-refractivity contribution in [2.45, 2.75) is 64.7 Å². The summed E-state index contributed by atoms with van der Waals surface area (Å²) >= 11 is 0. The van der Waals surface area contributed by atoms with E-state index in [0.29, 0.717) is 18.2 Å². The number of nitrogens with one attached hydrogen (secondary N) is 1. The van der Waals surface area contributed by atoms with Gasteiger partial charge in [-0.2, -0.15) is 0 Å². The highest BCUT2D eigenvalue weighted by atomic mass is 16.5.